The van der Waals surface area contributed by atoms with E-state index in [0.717, 1.165) is 23.6 Å². The number of aromatic nitrogens is 2. The Morgan fingerprint density at radius 2 is 2.09 bits per heavy atom. The van der Waals surface area contributed by atoms with Crippen molar-refractivity contribution in [3.8, 4) is 5.75 Å². The molecule has 4 rings (SSSR count). The third-order valence-corrected chi connectivity index (χ3v) is 6.22. The monoisotopic (exact) mass is 495 g/mol. The van der Waals surface area contributed by atoms with Crippen molar-refractivity contribution in [2.24, 2.45) is 18.9 Å². The Labute approximate surface area is 198 Å². The number of nitrogens with one attached hydrogen (secondary N) is 1. The number of hydrogen-bond acceptors (Lipinski definition) is 4. The zero-order valence-corrected chi connectivity index (χ0v) is 19.2. The maximum absolute atomic E-state index is 14.7. The Hall–Kier alpha value is -2.71. The number of ether oxygens (including phenoxy) is 1. The molecule has 0 aliphatic heterocycles. The highest BCUT2D eigenvalue weighted by Gasteiger charge is 2.35. The van der Waals surface area contributed by atoms with Crippen LogP contribution in [0, 0.1) is 11.8 Å². The summed E-state index contributed by atoms with van der Waals surface area (Å²) in [7, 11) is 1.36. The minimum absolute atomic E-state index is 0.0838. The Balaban J connectivity index is 1.53. The van der Waals surface area contributed by atoms with Gasteiger partial charge >= 0.3 is 0 Å². The molecule has 1 fully saturated rings. The van der Waals surface area contributed by atoms with Crippen molar-refractivity contribution in [1.29, 1.82) is 0 Å². The molecule has 1 atom stereocenters. The van der Waals surface area contributed by atoms with Crippen molar-refractivity contribution < 1.29 is 18.3 Å². The molecular formula is C23H21Cl2F2N3O3. The van der Waals surface area contributed by atoms with Gasteiger partial charge in [-0.2, -0.15) is 13.9 Å². The van der Waals surface area contributed by atoms with Crippen molar-refractivity contribution in [2.75, 3.05) is 6.54 Å². The topological polar surface area (TPSA) is 73.2 Å². The molecule has 0 saturated heterocycles. The van der Waals surface area contributed by atoms with Gasteiger partial charge in [0.1, 0.15) is 5.76 Å². The molecule has 1 N–H and O–H groups in total. The largest absolute Gasteiger partial charge is 0.459 e. The molecule has 1 aromatic carbocycles. The summed E-state index contributed by atoms with van der Waals surface area (Å²) in [5, 5.41) is 6.01. The Morgan fingerprint density at radius 3 is 2.79 bits per heavy atom. The second kappa shape index (κ2) is 9.27. The van der Waals surface area contributed by atoms with E-state index in [4.69, 9.17) is 27.9 Å². The molecule has 1 heterocycles. The van der Waals surface area contributed by atoms with Crippen molar-refractivity contribution in [2.45, 2.75) is 25.2 Å². The van der Waals surface area contributed by atoms with Gasteiger partial charge in [-0.25, -0.2) is 4.68 Å². The number of nitrogens with zero attached hydrogens (tertiary/aromatic N) is 2. The zero-order chi connectivity index (χ0) is 23.8. The summed E-state index contributed by atoms with van der Waals surface area (Å²) in [6.07, 6.45) is 9.94. The van der Waals surface area contributed by atoms with Gasteiger partial charge in [0.25, 0.3) is 17.4 Å². The highest BCUT2D eigenvalue weighted by molar-refractivity contribution is 6.35. The van der Waals surface area contributed by atoms with Crippen LogP contribution in [0.25, 0.3) is 0 Å². The predicted molar refractivity (Wildman–Crippen MR) is 121 cm³/mol. The number of carbonyl (C=O) groups excluding carboxylic acids is 1. The highest BCUT2D eigenvalue weighted by Crippen LogP contribution is 2.42. The zero-order valence-electron chi connectivity index (χ0n) is 17.7. The number of allylic oxidation sites excluding steroid dienone is 4. The van der Waals surface area contributed by atoms with E-state index in [1.807, 2.05) is 6.08 Å². The number of alkyl halides is 2. The molecule has 0 spiro atoms. The van der Waals surface area contributed by atoms with Crippen LogP contribution in [0.1, 0.15) is 35.2 Å². The van der Waals surface area contributed by atoms with Crippen LogP contribution in [0.3, 0.4) is 0 Å². The van der Waals surface area contributed by atoms with Crippen LogP contribution in [0.4, 0.5) is 8.78 Å². The van der Waals surface area contributed by atoms with E-state index < -0.39 is 35.1 Å². The number of rotatable bonds is 7. The minimum Gasteiger partial charge on any atom is -0.459 e. The van der Waals surface area contributed by atoms with Crippen LogP contribution >= 0.6 is 23.2 Å². The molecular weight excluding hydrogens is 475 g/mol. The lowest BCUT2D eigenvalue weighted by atomic mass is 9.94. The first-order chi connectivity index (χ1) is 15.7. The van der Waals surface area contributed by atoms with Gasteiger partial charge in [-0.1, -0.05) is 35.4 Å². The fourth-order valence-electron chi connectivity index (χ4n) is 3.71. The molecule has 0 radical (unpaired) electrons. The van der Waals surface area contributed by atoms with Gasteiger partial charge in [0.15, 0.2) is 11.3 Å². The fourth-order valence-corrected chi connectivity index (χ4v) is 4.26. The standard InChI is InChI=1S/C23H21Cl2F2N3O3/c1-30-22(32)20(19(11-29-30)33-16-4-2-3-14(9-16)13-5-6-13)21(31)28-12-23(26,27)17-8-7-15(24)10-18(17)25/h2-4,7-8,10-11,13-14H,5-6,9,12H2,1H3,(H,28,31). The molecule has 2 aliphatic rings. The molecule has 1 aromatic heterocycles. The number of halogens is 4. The van der Waals surface area contributed by atoms with E-state index in [-0.39, 0.29) is 15.8 Å². The smallest absolute Gasteiger partial charge is 0.291 e. The average Bonchev–Trinajstić information content (AvgIpc) is 3.60. The summed E-state index contributed by atoms with van der Waals surface area (Å²) in [6.45, 7) is -1.08. The van der Waals surface area contributed by atoms with E-state index in [0.29, 0.717) is 24.0 Å². The molecule has 33 heavy (non-hydrogen) atoms. The second-order valence-electron chi connectivity index (χ2n) is 8.15. The fraction of sp³-hybridized carbons (Fsp3) is 0.348. The van der Waals surface area contributed by atoms with Gasteiger partial charge in [0.05, 0.1) is 17.8 Å². The van der Waals surface area contributed by atoms with E-state index in [1.165, 1.54) is 25.4 Å². The quantitative estimate of drug-likeness (QED) is 0.595. The summed E-state index contributed by atoms with van der Waals surface area (Å²) in [5.41, 5.74) is -1.65. The van der Waals surface area contributed by atoms with Crippen LogP contribution in [-0.4, -0.2) is 22.2 Å². The molecule has 6 nitrogen and oxygen atoms in total. The second-order valence-corrected chi connectivity index (χ2v) is 8.99. The summed E-state index contributed by atoms with van der Waals surface area (Å²) < 4.78 is 36.2. The number of carbonyl (C=O) groups is 1. The minimum atomic E-state index is -3.50. The van der Waals surface area contributed by atoms with Gasteiger partial charge in [-0.05, 0) is 49.0 Å². The predicted octanol–water partition coefficient (Wildman–Crippen LogP) is 4.86. The van der Waals surface area contributed by atoms with E-state index >= 15 is 0 Å². The lowest BCUT2D eigenvalue weighted by Crippen LogP contribution is -2.39. The lowest BCUT2D eigenvalue weighted by molar-refractivity contribution is -0.00241. The Morgan fingerprint density at radius 1 is 1.33 bits per heavy atom. The number of hydrogen-bond donors (Lipinski definition) is 1. The van der Waals surface area contributed by atoms with Gasteiger partial charge in [0.2, 0.25) is 0 Å². The molecule has 10 heteroatoms. The van der Waals surface area contributed by atoms with Crippen LogP contribution in [0.2, 0.25) is 10.0 Å². The molecule has 2 aromatic rings. The van der Waals surface area contributed by atoms with Crippen molar-refractivity contribution in [3.05, 3.63) is 79.9 Å². The Bertz CT molecular complexity index is 1210. The van der Waals surface area contributed by atoms with Gasteiger partial charge in [0, 0.05) is 24.1 Å². The average molecular weight is 496 g/mol. The molecule has 1 unspecified atom stereocenters. The summed E-state index contributed by atoms with van der Waals surface area (Å²) in [5.74, 6) is -3.05. The first-order valence-electron chi connectivity index (χ1n) is 10.4. The normalized spacial score (nSPS) is 18.1. The van der Waals surface area contributed by atoms with E-state index in [1.54, 1.807) is 6.08 Å². The van der Waals surface area contributed by atoms with Crippen LogP contribution in [-0.2, 0) is 13.0 Å². The summed E-state index contributed by atoms with van der Waals surface area (Å²) in [6, 6.07) is 3.57. The maximum Gasteiger partial charge on any atom is 0.291 e. The SMILES string of the molecule is Cn1ncc(OC2=CC=CC(C3CC3)C2)c(C(=O)NCC(F)(F)c2ccc(Cl)cc2Cl)c1=O. The third-order valence-electron chi connectivity index (χ3n) is 5.67. The summed E-state index contributed by atoms with van der Waals surface area (Å²) in [4.78, 5) is 25.5. The lowest BCUT2D eigenvalue weighted by Gasteiger charge is -2.21. The number of amides is 1. The van der Waals surface area contributed by atoms with Crippen molar-refractivity contribution in [3.63, 3.8) is 0 Å². The molecule has 0 bridgehead atoms. The molecule has 174 valence electrons. The molecule has 1 amide bonds. The van der Waals surface area contributed by atoms with Crippen molar-refractivity contribution in [1.82, 2.24) is 15.1 Å². The third kappa shape index (κ3) is 5.28. The van der Waals surface area contributed by atoms with E-state index in [9.17, 15) is 18.4 Å². The Kier molecular flexibility index (Phi) is 6.59. The summed E-state index contributed by atoms with van der Waals surface area (Å²) >= 11 is 11.7. The number of benzene rings is 1. The highest BCUT2D eigenvalue weighted by atomic mass is 35.5. The first kappa shape index (κ1) is 23.4. The van der Waals surface area contributed by atoms with Crippen LogP contribution in [0.15, 0.2) is 53.2 Å². The number of aryl methyl sites for hydroxylation is 1. The van der Waals surface area contributed by atoms with E-state index in [2.05, 4.69) is 16.5 Å². The maximum atomic E-state index is 14.7. The molecule has 1 saturated carbocycles. The van der Waals surface area contributed by atoms with Gasteiger partial charge in [-0.3, -0.25) is 9.59 Å². The van der Waals surface area contributed by atoms with Crippen molar-refractivity contribution >= 4 is 29.1 Å². The van der Waals surface area contributed by atoms with Crippen LogP contribution in [0.5, 0.6) is 5.75 Å². The molecule has 2 aliphatic carbocycles. The van der Waals surface area contributed by atoms with Crippen LogP contribution < -0.4 is 15.6 Å². The van der Waals surface area contributed by atoms with Gasteiger partial charge < -0.3 is 10.1 Å². The first-order valence-corrected chi connectivity index (χ1v) is 11.1. The van der Waals surface area contributed by atoms with Gasteiger partial charge in [-0.15, -0.1) is 0 Å².